The van der Waals surface area contributed by atoms with Crippen LogP contribution < -0.4 is 0 Å². The number of unbranched alkanes of at least 4 members (excludes halogenated alkanes) is 3. The van der Waals surface area contributed by atoms with Crippen LogP contribution in [0.3, 0.4) is 0 Å². The molecule has 0 aliphatic carbocycles. The van der Waals surface area contributed by atoms with Crippen molar-refractivity contribution in [2.45, 2.75) is 32.6 Å². The number of nitrogens with zero attached hydrogens (tertiary/aromatic N) is 2. The summed E-state index contributed by atoms with van der Waals surface area (Å²) in [4.78, 5) is 42.8. The van der Waals surface area contributed by atoms with Gasteiger partial charge in [0, 0.05) is 0 Å². The van der Waals surface area contributed by atoms with Crippen LogP contribution in [-0.2, 0) is 19.2 Å². The maximum atomic E-state index is 9.63. The normalized spacial score (nSPS) is 7.08. The lowest BCUT2D eigenvalue weighted by atomic mass is 10.2. The van der Waals surface area contributed by atoms with Gasteiger partial charge in [-0.25, -0.2) is 40.0 Å². The van der Waals surface area contributed by atoms with E-state index in [0.717, 1.165) is 37.8 Å². The second-order valence-electron chi connectivity index (χ2n) is 4.22. The first-order chi connectivity index (χ1) is 12.1. The molecule has 1 aromatic carbocycles. The van der Waals surface area contributed by atoms with Crippen LogP contribution in [-0.4, -0.2) is 37.4 Å². The number of isocyanates is 4. The van der Waals surface area contributed by atoms with E-state index >= 15 is 0 Å². The number of aliphatic imine (C=N–C) groups is 2. The molecule has 0 spiro atoms. The molecule has 0 aromatic heterocycles. The van der Waals surface area contributed by atoms with Gasteiger partial charge >= 0.3 is 0 Å². The zero-order chi connectivity index (χ0) is 19.6. The highest BCUT2D eigenvalue weighted by Gasteiger charge is 1.87. The van der Waals surface area contributed by atoms with Crippen molar-refractivity contribution < 1.29 is 19.2 Å². The van der Waals surface area contributed by atoms with Crippen molar-refractivity contribution in [3.05, 3.63) is 35.9 Å². The Morgan fingerprint density at radius 1 is 0.760 bits per heavy atom. The van der Waals surface area contributed by atoms with E-state index in [1.165, 1.54) is 17.7 Å². The number of carbonyl (C=O) groups excluding carboxylic acids is 4. The molecule has 0 aliphatic heterocycles. The van der Waals surface area contributed by atoms with E-state index < -0.39 is 0 Å². The van der Waals surface area contributed by atoms with Crippen molar-refractivity contribution in [1.82, 2.24) is 0 Å². The molecule has 0 radical (unpaired) electrons. The molecule has 134 valence electrons. The molecule has 8 heteroatoms. The third-order valence-electron chi connectivity index (χ3n) is 2.36. The Morgan fingerprint density at radius 2 is 1.12 bits per heavy atom. The zero-order valence-corrected chi connectivity index (χ0v) is 14.2. The average Bonchev–Trinajstić information content (AvgIpc) is 2.60. The number of hydrogen-bond acceptors (Lipinski definition) is 8. The fourth-order valence-electron chi connectivity index (χ4n) is 1.36. The SMILES string of the molecule is Cc1ccccc1.N=C=O.N=C=O.O=C=NCCCCCCN=C=O. The molecule has 0 heterocycles. The van der Waals surface area contributed by atoms with E-state index in [0.29, 0.717) is 13.1 Å². The molecule has 0 fully saturated rings. The summed E-state index contributed by atoms with van der Waals surface area (Å²) in [6.07, 6.45) is 8.30. The Labute approximate surface area is 146 Å². The minimum atomic E-state index is 0.556. The van der Waals surface area contributed by atoms with E-state index in [9.17, 15) is 9.59 Å². The van der Waals surface area contributed by atoms with Gasteiger partial charge in [0.15, 0.2) is 0 Å². The predicted molar refractivity (Wildman–Crippen MR) is 92.5 cm³/mol. The van der Waals surface area contributed by atoms with Crippen LogP contribution >= 0.6 is 0 Å². The maximum Gasteiger partial charge on any atom is 0.234 e. The van der Waals surface area contributed by atoms with E-state index in [1.54, 1.807) is 0 Å². The first kappa shape index (κ1) is 26.6. The molecule has 8 nitrogen and oxygen atoms in total. The van der Waals surface area contributed by atoms with Crippen molar-refractivity contribution in [3.63, 3.8) is 0 Å². The van der Waals surface area contributed by atoms with Gasteiger partial charge in [-0.2, -0.15) is 0 Å². The van der Waals surface area contributed by atoms with Gasteiger partial charge in [0.05, 0.1) is 13.1 Å². The molecule has 1 rings (SSSR count). The van der Waals surface area contributed by atoms with Gasteiger partial charge in [0.25, 0.3) is 0 Å². The highest BCUT2D eigenvalue weighted by molar-refractivity contribution is 5.32. The monoisotopic (exact) mass is 346 g/mol. The molecule has 0 atom stereocenters. The van der Waals surface area contributed by atoms with E-state index in [4.69, 9.17) is 20.4 Å². The third-order valence-corrected chi connectivity index (χ3v) is 2.36. The molecule has 0 unspecified atom stereocenters. The molecule has 0 bridgehead atoms. The summed E-state index contributed by atoms with van der Waals surface area (Å²) >= 11 is 0. The van der Waals surface area contributed by atoms with Gasteiger partial charge in [-0.05, 0) is 19.8 Å². The van der Waals surface area contributed by atoms with Crippen LogP contribution in [0.2, 0.25) is 0 Å². The topological polar surface area (TPSA) is 141 Å². The first-order valence-electron chi connectivity index (χ1n) is 7.31. The fourth-order valence-corrected chi connectivity index (χ4v) is 1.36. The molecule has 0 amide bonds. The quantitative estimate of drug-likeness (QED) is 0.444. The summed E-state index contributed by atoms with van der Waals surface area (Å²) in [6, 6.07) is 10.3. The van der Waals surface area contributed by atoms with Gasteiger partial charge in [-0.3, -0.25) is 0 Å². The number of benzene rings is 1. The van der Waals surface area contributed by atoms with Crippen LogP contribution in [0.4, 0.5) is 0 Å². The van der Waals surface area contributed by atoms with E-state index in [2.05, 4.69) is 29.0 Å². The standard InChI is InChI=1S/C8H12N2O2.C7H8.2CHNO/c11-7-9-5-3-1-2-4-6-10-8-12;1-7-5-3-2-4-6-7;2*2-1-3/h1-6H2;2-6H,1H3;2*2H. The Bertz CT molecular complexity index is 532. The number of rotatable bonds is 7. The molecule has 1 aromatic rings. The molecule has 2 N–H and O–H groups in total. The second kappa shape index (κ2) is 28.8. The lowest BCUT2D eigenvalue weighted by Gasteiger charge is -1.93. The maximum absolute atomic E-state index is 9.63. The Kier molecular flexibility index (Phi) is 30.7. The Balaban J connectivity index is -0.000000312. The summed E-state index contributed by atoms with van der Waals surface area (Å²) in [7, 11) is 0. The molecule has 0 saturated heterocycles. The zero-order valence-electron chi connectivity index (χ0n) is 14.2. The number of hydrogen-bond donors (Lipinski definition) is 2. The number of aryl methyl sites for hydroxylation is 1. The van der Waals surface area contributed by atoms with Crippen LogP contribution in [0.1, 0.15) is 31.2 Å². The van der Waals surface area contributed by atoms with Gasteiger partial charge in [-0.15, -0.1) is 0 Å². The second-order valence-corrected chi connectivity index (χ2v) is 4.22. The lowest BCUT2D eigenvalue weighted by molar-refractivity contribution is 0.558. The van der Waals surface area contributed by atoms with Gasteiger partial charge in [0.2, 0.25) is 24.3 Å². The fraction of sp³-hybridized carbons (Fsp3) is 0.412. The largest absolute Gasteiger partial charge is 0.234 e. The van der Waals surface area contributed by atoms with Crippen molar-refractivity contribution in [2.24, 2.45) is 9.98 Å². The van der Waals surface area contributed by atoms with Crippen molar-refractivity contribution >= 4 is 24.3 Å². The van der Waals surface area contributed by atoms with Crippen LogP contribution in [0.5, 0.6) is 0 Å². The van der Waals surface area contributed by atoms with E-state index in [1.807, 2.05) is 18.2 Å². The highest BCUT2D eigenvalue weighted by atomic mass is 16.1. The van der Waals surface area contributed by atoms with Crippen molar-refractivity contribution in [1.29, 1.82) is 10.8 Å². The van der Waals surface area contributed by atoms with Gasteiger partial charge in [0.1, 0.15) is 0 Å². The lowest BCUT2D eigenvalue weighted by Crippen LogP contribution is -1.84. The van der Waals surface area contributed by atoms with E-state index in [-0.39, 0.29) is 0 Å². The summed E-state index contributed by atoms with van der Waals surface area (Å²) in [5, 5.41) is 10.8. The highest BCUT2D eigenvalue weighted by Crippen LogP contribution is 1.99. The minimum absolute atomic E-state index is 0.556. The summed E-state index contributed by atoms with van der Waals surface area (Å²) in [6.45, 7) is 3.20. The summed E-state index contributed by atoms with van der Waals surface area (Å²) in [5.74, 6) is 0. The average molecular weight is 346 g/mol. The van der Waals surface area contributed by atoms with Crippen molar-refractivity contribution in [3.8, 4) is 0 Å². The van der Waals surface area contributed by atoms with Crippen LogP contribution in [0.15, 0.2) is 40.3 Å². The summed E-state index contributed by atoms with van der Waals surface area (Å²) < 4.78 is 0. The smallest absolute Gasteiger partial charge is 0.222 e. The molecule has 0 aliphatic rings. The predicted octanol–water partition coefficient (Wildman–Crippen LogP) is 3.02. The van der Waals surface area contributed by atoms with Crippen LogP contribution in [0.25, 0.3) is 0 Å². The van der Waals surface area contributed by atoms with Gasteiger partial charge < -0.3 is 0 Å². The molecule has 0 saturated carbocycles. The Hall–Kier alpha value is -3.26. The molecular weight excluding hydrogens is 324 g/mol. The third kappa shape index (κ3) is 38.6. The Morgan fingerprint density at radius 3 is 1.36 bits per heavy atom. The van der Waals surface area contributed by atoms with Crippen molar-refractivity contribution in [2.75, 3.05) is 13.1 Å². The number of nitrogens with one attached hydrogen (secondary N) is 2. The molecule has 25 heavy (non-hydrogen) atoms. The summed E-state index contributed by atoms with van der Waals surface area (Å²) in [5.41, 5.74) is 1.32. The first-order valence-corrected chi connectivity index (χ1v) is 7.31. The van der Waals surface area contributed by atoms with Gasteiger partial charge in [-0.1, -0.05) is 48.7 Å². The molecular formula is C17H22N4O4. The minimum Gasteiger partial charge on any atom is -0.222 e. The van der Waals surface area contributed by atoms with Crippen LogP contribution in [0, 0.1) is 17.7 Å².